The molecule has 3 heterocycles. The number of hydrogen-bond acceptors (Lipinski definition) is 3. The molecule has 98 valence electrons. The molecule has 0 atom stereocenters. The van der Waals surface area contributed by atoms with E-state index >= 15 is 0 Å². The summed E-state index contributed by atoms with van der Waals surface area (Å²) in [5.74, 6) is 1.39. The Morgan fingerprint density at radius 3 is 2.67 bits per heavy atom. The molecule has 1 aliphatic heterocycles. The van der Waals surface area contributed by atoms with Gasteiger partial charge in [0.05, 0.1) is 0 Å². The van der Waals surface area contributed by atoms with Gasteiger partial charge in [-0.25, -0.2) is 9.50 Å². The first-order valence-corrected chi connectivity index (χ1v) is 6.74. The first-order valence-electron chi connectivity index (χ1n) is 6.74. The van der Waals surface area contributed by atoms with Crippen molar-refractivity contribution in [1.29, 1.82) is 0 Å². The highest BCUT2D eigenvalue weighted by molar-refractivity contribution is 5.39. The van der Waals surface area contributed by atoms with Crippen molar-refractivity contribution in [3.8, 4) is 0 Å². The van der Waals surface area contributed by atoms with Crippen molar-refractivity contribution in [2.75, 3.05) is 13.2 Å². The number of aryl methyl sites for hydroxylation is 1. The molecule has 0 N–H and O–H groups in total. The lowest BCUT2D eigenvalue weighted by atomic mass is 9.96. The lowest BCUT2D eigenvalue weighted by molar-refractivity contribution is 0.0841. The van der Waals surface area contributed by atoms with E-state index in [4.69, 9.17) is 4.74 Å². The molecule has 0 unspecified atom stereocenters. The van der Waals surface area contributed by atoms with E-state index in [1.165, 1.54) is 5.69 Å². The normalized spacial score (nSPS) is 16.4. The summed E-state index contributed by atoms with van der Waals surface area (Å²) in [6, 6.07) is 6.22. The van der Waals surface area contributed by atoms with Gasteiger partial charge in [0.1, 0.15) is 5.82 Å². The van der Waals surface area contributed by atoms with Crippen LogP contribution in [0.5, 0.6) is 0 Å². The molecule has 4 nitrogen and oxygen atoms in total. The maximum Gasteiger partial charge on any atom is 0.155 e. The van der Waals surface area contributed by atoms with Gasteiger partial charge in [0.2, 0.25) is 0 Å². The first-order chi connectivity index (χ1) is 8.84. The summed E-state index contributed by atoms with van der Waals surface area (Å²) in [6.45, 7) is 7.64. The van der Waals surface area contributed by atoms with Crippen LogP contribution in [0, 0.1) is 6.92 Å². The molecule has 1 aliphatic rings. The maximum atomic E-state index is 5.39. The Bertz CT molecular complexity index is 501. The highest BCUT2D eigenvalue weighted by Crippen LogP contribution is 2.26. The van der Waals surface area contributed by atoms with E-state index in [-0.39, 0.29) is 0 Å². The minimum Gasteiger partial charge on any atom is -0.381 e. The van der Waals surface area contributed by atoms with Crippen LogP contribution in [0.15, 0.2) is 18.2 Å². The van der Waals surface area contributed by atoms with Crippen molar-refractivity contribution in [2.45, 2.75) is 39.5 Å². The van der Waals surface area contributed by atoms with Crippen molar-refractivity contribution in [1.82, 2.24) is 14.6 Å². The Balaban J connectivity index is 0.000000574. The molecule has 0 amide bonds. The van der Waals surface area contributed by atoms with Crippen molar-refractivity contribution in [3.63, 3.8) is 0 Å². The molecule has 2 aromatic heterocycles. The molecule has 0 aromatic carbocycles. The predicted molar refractivity (Wildman–Crippen MR) is 71.9 cm³/mol. The smallest absolute Gasteiger partial charge is 0.155 e. The molecular weight excluding hydrogens is 226 g/mol. The fourth-order valence-electron chi connectivity index (χ4n) is 2.34. The third-order valence-corrected chi connectivity index (χ3v) is 3.13. The summed E-state index contributed by atoms with van der Waals surface area (Å²) in [5.41, 5.74) is 2.21. The summed E-state index contributed by atoms with van der Waals surface area (Å²) in [7, 11) is 0. The number of pyridine rings is 1. The Morgan fingerprint density at radius 2 is 1.94 bits per heavy atom. The molecule has 0 bridgehead atoms. The van der Waals surface area contributed by atoms with Crippen LogP contribution in [-0.2, 0) is 4.74 Å². The van der Waals surface area contributed by atoms with Crippen LogP contribution in [0.2, 0.25) is 0 Å². The highest BCUT2D eigenvalue weighted by atomic mass is 16.5. The van der Waals surface area contributed by atoms with Crippen molar-refractivity contribution < 1.29 is 4.74 Å². The topological polar surface area (TPSA) is 39.4 Å². The van der Waals surface area contributed by atoms with Gasteiger partial charge in [0.25, 0.3) is 0 Å². The number of ether oxygens (including phenoxy) is 1. The van der Waals surface area contributed by atoms with Crippen LogP contribution in [0.1, 0.15) is 44.1 Å². The molecule has 1 saturated heterocycles. The Morgan fingerprint density at radius 1 is 1.22 bits per heavy atom. The molecular formula is C14H21N3O. The van der Waals surface area contributed by atoms with E-state index in [1.54, 1.807) is 0 Å². The van der Waals surface area contributed by atoms with Gasteiger partial charge in [-0.3, -0.25) is 0 Å². The number of rotatable bonds is 1. The summed E-state index contributed by atoms with van der Waals surface area (Å²) >= 11 is 0. The van der Waals surface area contributed by atoms with E-state index in [2.05, 4.69) is 22.2 Å². The lowest BCUT2D eigenvalue weighted by Gasteiger charge is -2.22. The summed E-state index contributed by atoms with van der Waals surface area (Å²) in [4.78, 5) is 4.39. The number of nitrogens with zero attached hydrogens (tertiary/aromatic N) is 3. The van der Waals surface area contributed by atoms with Crippen LogP contribution in [0.4, 0.5) is 0 Å². The number of aromatic nitrogens is 3. The summed E-state index contributed by atoms with van der Waals surface area (Å²) in [5, 5.41) is 4.45. The Kier molecular flexibility index (Phi) is 4.31. The second kappa shape index (κ2) is 5.96. The Labute approximate surface area is 108 Å². The quantitative estimate of drug-likeness (QED) is 0.777. The van der Waals surface area contributed by atoms with Crippen LogP contribution in [0.3, 0.4) is 0 Å². The highest BCUT2D eigenvalue weighted by Gasteiger charge is 2.19. The average Bonchev–Trinajstić information content (AvgIpc) is 2.82. The van der Waals surface area contributed by atoms with Gasteiger partial charge in [0.15, 0.2) is 5.65 Å². The van der Waals surface area contributed by atoms with Crippen molar-refractivity contribution >= 4 is 5.65 Å². The molecule has 2 aromatic rings. The zero-order valence-corrected chi connectivity index (χ0v) is 11.4. The van der Waals surface area contributed by atoms with Crippen molar-refractivity contribution in [3.05, 3.63) is 29.7 Å². The molecule has 1 fully saturated rings. The Hall–Kier alpha value is -1.42. The second-order valence-corrected chi connectivity index (χ2v) is 4.27. The van der Waals surface area contributed by atoms with Crippen LogP contribution < -0.4 is 0 Å². The van der Waals surface area contributed by atoms with Gasteiger partial charge >= 0.3 is 0 Å². The minimum atomic E-state index is 0.554. The molecule has 0 radical (unpaired) electrons. The minimum absolute atomic E-state index is 0.554. The predicted octanol–water partition coefficient (Wildman–Crippen LogP) is 2.96. The van der Waals surface area contributed by atoms with E-state index in [9.17, 15) is 0 Å². The maximum absolute atomic E-state index is 5.39. The van der Waals surface area contributed by atoms with Gasteiger partial charge in [-0.1, -0.05) is 19.9 Å². The second-order valence-electron chi connectivity index (χ2n) is 4.27. The molecule has 0 saturated carbocycles. The number of fused-ring (bicyclic) bond motifs is 1. The zero-order valence-electron chi connectivity index (χ0n) is 11.4. The molecule has 3 rings (SSSR count). The standard InChI is InChI=1S/C12H15N3O.C2H6/c1-9-13-12-4-2-3-11(15(12)14-9)10-5-7-16-8-6-10;1-2/h2-4,10H,5-8H2,1H3;1-2H3. The largest absolute Gasteiger partial charge is 0.381 e. The van der Waals surface area contributed by atoms with Gasteiger partial charge in [-0.15, -0.1) is 0 Å². The fraction of sp³-hybridized carbons (Fsp3) is 0.571. The van der Waals surface area contributed by atoms with Crippen LogP contribution >= 0.6 is 0 Å². The van der Waals surface area contributed by atoms with Crippen molar-refractivity contribution in [2.24, 2.45) is 0 Å². The number of hydrogen-bond donors (Lipinski definition) is 0. The van der Waals surface area contributed by atoms with Gasteiger partial charge in [0, 0.05) is 24.8 Å². The van der Waals surface area contributed by atoms with E-state index in [0.29, 0.717) is 5.92 Å². The summed E-state index contributed by atoms with van der Waals surface area (Å²) in [6.07, 6.45) is 2.16. The lowest BCUT2D eigenvalue weighted by Crippen LogP contribution is -2.16. The molecule has 0 aliphatic carbocycles. The van der Waals surface area contributed by atoms with Crippen LogP contribution in [0.25, 0.3) is 5.65 Å². The molecule has 4 heteroatoms. The molecule has 0 spiro atoms. The van der Waals surface area contributed by atoms with E-state index < -0.39 is 0 Å². The average molecular weight is 247 g/mol. The van der Waals surface area contributed by atoms with Crippen LogP contribution in [-0.4, -0.2) is 27.8 Å². The van der Waals surface area contributed by atoms with Gasteiger partial charge in [-0.05, 0) is 31.9 Å². The summed E-state index contributed by atoms with van der Waals surface area (Å²) < 4.78 is 7.37. The van der Waals surface area contributed by atoms with E-state index in [0.717, 1.165) is 37.5 Å². The monoisotopic (exact) mass is 247 g/mol. The SMILES string of the molecule is CC.Cc1nc2cccc(C3CCOCC3)n2n1. The van der Waals surface area contributed by atoms with Gasteiger partial charge < -0.3 is 4.74 Å². The molecule has 18 heavy (non-hydrogen) atoms. The van der Waals surface area contributed by atoms with Gasteiger partial charge in [-0.2, -0.15) is 5.10 Å². The first kappa shape index (κ1) is 13.0. The fourth-order valence-corrected chi connectivity index (χ4v) is 2.34. The third kappa shape index (κ3) is 2.53. The van der Waals surface area contributed by atoms with E-state index in [1.807, 2.05) is 31.4 Å². The third-order valence-electron chi connectivity index (χ3n) is 3.13. The zero-order chi connectivity index (χ0) is 13.0.